The van der Waals surface area contributed by atoms with E-state index in [9.17, 15) is 0 Å². The molecule has 0 spiro atoms. The van der Waals surface area contributed by atoms with Crippen LogP contribution in [-0.2, 0) is 4.74 Å². The quantitative estimate of drug-likeness (QED) is 0.675. The number of nitrogens with two attached hydrogens (primary N) is 1. The molecule has 1 heterocycles. The molecule has 2 heteroatoms. The van der Waals surface area contributed by atoms with Crippen LogP contribution >= 0.6 is 0 Å². The van der Waals surface area contributed by atoms with E-state index in [1.807, 2.05) is 0 Å². The van der Waals surface area contributed by atoms with Gasteiger partial charge < -0.3 is 10.5 Å². The zero-order valence-electron chi connectivity index (χ0n) is 8.26. The average molecular weight is 169 g/mol. The standard InChI is InChI=1S/C10H19NO/c1-9(2)7(4-11)8(9)10(3)5-12-6-10/h7-8H,4-6,11H2,1-3H3/t7-,8-/m1/s1. The van der Waals surface area contributed by atoms with Gasteiger partial charge in [0.2, 0.25) is 0 Å². The van der Waals surface area contributed by atoms with Crippen LogP contribution in [0.2, 0.25) is 0 Å². The highest BCUT2D eigenvalue weighted by Crippen LogP contribution is 2.66. The molecule has 1 saturated heterocycles. The Morgan fingerprint density at radius 3 is 2.17 bits per heavy atom. The van der Waals surface area contributed by atoms with Gasteiger partial charge in [-0.1, -0.05) is 20.8 Å². The Morgan fingerprint density at radius 2 is 1.92 bits per heavy atom. The molecular formula is C10H19NO. The maximum absolute atomic E-state index is 5.73. The molecule has 0 aromatic heterocycles. The Labute approximate surface area is 74.5 Å². The first-order valence-corrected chi connectivity index (χ1v) is 4.80. The van der Waals surface area contributed by atoms with Gasteiger partial charge in [-0.15, -0.1) is 0 Å². The van der Waals surface area contributed by atoms with E-state index in [4.69, 9.17) is 10.5 Å². The Bertz CT molecular complexity index is 196. The van der Waals surface area contributed by atoms with E-state index in [-0.39, 0.29) is 0 Å². The summed E-state index contributed by atoms with van der Waals surface area (Å²) in [5.74, 6) is 1.52. The van der Waals surface area contributed by atoms with Crippen molar-refractivity contribution in [2.75, 3.05) is 19.8 Å². The van der Waals surface area contributed by atoms with Crippen molar-refractivity contribution < 1.29 is 4.74 Å². The van der Waals surface area contributed by atoms with E-state index in [2.05, 4.69) is 20.8 Å². The fraction of sp³-hybridized carbons (Fsp3) is 1.00. The van der Waals surface area contributed by atoms with Gasteiger partial charge in [-0.25, -0.2) is 0 Å². The third-order valence-corrected chi connectivity index (χ3v) is 3.92. The number of hydrogen-bond donors (Lipinski definition) is 1. The predicted octanol–water partition coefficient (Wildman–Crippen LogP) is 1.25. The molecule has 0 radical (unpaired) electrons. The molecule has 1 aliphatic carbocycles. The molecular weight excluding hydrogens is 150 g/mol. The maximum Gasteiger partial charge on any atom is 0.0545 e. The Kier molecular flexibility index (Phi) is 1.59. The number of ether oxygens (including phenoxy) is 1. The summed E-state index contributed by atoms with van der Waals surface area (Å²) in [7, 11) is 0. The van der Waals surface area contributed by atoms with Crippen LogP contribution in [0.1, 0.15) is 20.8 Å². The predicted molar refractivity (Wildman–Crippen MR) is 48.7 cm³/mol. The molecule has 2 rings (SSSR count). The molecule has 0 aromatic carbocycles. The van der Waals surface area contributed by atoms with Crippen LogP contribution in [0.4, 0.5) is 0 Å². The molecule has 70 valence electrons. The first-order chi connectivity index (χ1) is 5.52. The summed E-state index contributed by atoms with van der Waals surface area (Å²) >= 11 is 0. The molecule has 0 amide bonds. The topological polar surface area (TPSA) is 35.2 Å². The molecule has 2 fully saturated rings. The van der Waals surface area contributed by atoms with Crippen molar-refractivity contribution in [2.24, 2.45) is 28.4 Å². The van der Waals surface area contributed by atoms with E-state index in [0.717, 1.165) is 31.6 Å². The molecule has 2 N–H and O–H groups in total. The lowest BCUT2D eigenvalue weighted by molar-refractivity contribution is -0.121. The minimum atomic E-state index is 0.438. The minimum Gasteiger partial charge on any atom is -0.380 e. The van der Waals surface area contributed by atoms with Gasteiger partial charge in [0, 0.05) is 5.41 Å². The van der Waals surface area contributed by atoms with Crippen LogP contribution in [0.25, 0.3) is 0 Å². The lowest BCUT2D eigenvalue weighted by atomic mass is 9.79. The third kappa shape index (κ3) is 0.882. The minimum absolute atomic E-state index is 0.438. The molecule has 1 aliphatic heterocycles. The molecule has 0 bridgehead atoms. The Morgan fingerprint density at radius 1 is 1.33 bits per heavy atom. The SMILES string of the molecule is CC1([C@@H]2[C@@H](CN)C2(C)C)COC1. The van der Waals surface area contributed by atoms with E-state index in [1.54, 1.807) is 0 Å². The molecule has 0 unspecified atom stereocenters. The molecule has 12 heavy (non-hydrogen) atoms. The van der Waals surface area contributed by atoms with Crippen LogP contribution in [0.5, 0.6) is 0 Å². The van der Waals surface area contributed by atoms with Crippen molar-refractivity contribution in [1.82, 2.24) is 0 Å². The maximum atomic E-state index is 5.73. The molecule has 0 aromatic rings. The Hall–Kier alpha value is -0.0800. The van der Waals surface area contributed by atoms with Crippen molar-refractivity contribution in [3.8, 4) is 0 Å². The molecule has 2 nitrogen and oxygen atoms in total. The lowest BCUT2D eigenvalue weighted by Crippen LogP contribution is -2.43. The van der Waals surface area contributed by atoms with Crippen LogP contribution in [-0.4, -0.2) is 19.8 Å². The zero-order chi connectivity index (χ0) is 8.98. The van der Waals surface area contributed by atoms with Gasteiger partial charge in [0.1, 0.15) is 0 Å². The number of rotatable bonds is 2. The van der Waals surface area contributed by atoms with E-state index < -0.39 is 0 Å². The van der Waals surface area contributed by atoms with Crippen molar-refractivity contribution in [1.29, 1.82) is 0 Å². The highest BCUT2D eigenvalue weighted by Gasteiger charge is 2.65. The summed E-state index contributed by atoms with van der Waals surface area (Å²) in [4.78, 5) is 0. The van der Waals surface area contributed by atoms with Gasteiger partial charge in [0.05, 0.1) is 13.2 Å². The Balaban J connectivity index is 2.07. The summed E-state index contributed by atoms with van der Waals surface area (Å²) in [6, 6.07) is 0. The molecule has 2 atom stereocenters. The van der Waals surface area contributed by atoms with Gasteiger partial charge in [0.15, 0.2) is 0 Å². The van der Waals surface area contributed by atoms with Gasteiger partial charge >= 0.3 is 0 Å². The van der Waals surface area contributed by atoms with Crippen molar-refractivity contribution >= 4 is 0 Å². The van der Waals surface area contributed by atoms with E-state index >= 15 is 0 Å². The molecule has 1 saturated carbocycles. The summed E-state index contributed by atoms with van der Waals surface area (Å²) in [6.45, 7) is 9.72. The van der Waals surface area contributed by atoms with Gasteiger partial charge in [0.25, 0.3) is 0 Å². The monoisotopic (exact) mass is 169 g/mol. The third-order valence-electron chi connectivity index (χ3n) is 3.92. The fourth-order valence-electron chi connectivity index (χ4n) is 3.17. The largest absolute Gasteiger partial charge is 0.380 e. The smallest absolute Gasteiger partial charge is 0.0545 e. The van der Waals surface area contributed by atoms with Crippen LogP contribution in [0.15, 0.2) is 0 Å². The molecule has 2 aliphatic rings. The second kappa shape index (κ2) is 2.24. The highest BCUT2D eigenvalue weighted by atomic mass is 16.5. The summed E-state index contributed by atoms with van der Waals surface area (Å²) in [5, 5.41) is 0. The second-order valence-corrected chi connectivity index (χ2v) is 5.29. The van der Waals surface area contributed by atoms with Crippen molar-refractivity contribution in [3.63, 3.8) is 0 Å². The van der Waals surface area contributed by atoms with Gasteiger partial charge in [-0.05, 0) is 23.8 Å². The normalized spacial score (nSPS) is 42.0. The first-order valence-electron chi connectivity index (χ1n) is 4.80. The highest BCUT2D eigenvalue weighted by molar-refractivity contribution is 5.13. The van der Waals surface area contributed by atoms with Crippen molar-refractivity contribution in [2.45, 2.75) is 20.8 Å². The number of hydrogen-bond acceptors (Lipinski definition) is 2. The summed E-state index contributed by atoms with van der Waals surface area (Å²) in [6.07, 6.45) is 0. The van der Waals surface area contributed by atoms with Gasteiger partial charge in [-0.3, -0.25) is 0 Å². The fourth-order valence-corrected chi connectivity index (χ4v) is 3.17. The summed E-state index contributed by atoms with van der Waals surface area (Å²) < 4.78 is 5.28. The van der Waals surface area contributed by atoms with E-state index in [1.165, 1.54) is 0 Å². The van der Waals surface area contributed by atoms with Crippen molar-refractivity contribution in [3.05, 3.63) is 0 Å². The van der Waals surface area contributed by atoms with Crippen LogP contribution < -0.4 is 5.73 Å². The van der Waals surface area contributed by atoms with E-state index in [0.29, 0.717) is 10.8 Å². The van der Waals surface area contributed by atoms with Crippen LogP contribution in [0.3, 0.4) is 0 Å². The average Bonchev–Trinajstić information content (AvgIpc) is 2.48. The zero-order valence-corrected chi connectivity index (χ0v) is 8.26. The second-order valence-electron chi connectivity index (χ2n) is 5.29. The first kappa shape index (κ1) is 8.52. The lowest BCUT2D eigenvalue weighted by Gasteiger charge is -2.40. The van der Waals surface area contributed by atoms with Gasteiger partial charge in [-0.2, -0.15) is 0 Å². The summed E-state index contributed by atoms with van der Waals surface area (Å²) in [5.41, 5.74) is 6.64. The van der Waals surface area contributed by atoms with Crippen LogP contribution in [0, 0.1) is 22.7 Å².